The molecule has 1 atom stereocenters. The van der Waals surface area contributed by atoms with Gasteiger partial charge in [0.2, 0.25) is 0 Å². The van der Waals surface area contributed by atoms with E-state index >= 15 is 0 Å². The topological polar surface area (TPSA) is 45.5 Å². The van der Waals surface area contributed by atoms with E-state index in [0.29, 0.717) is 17.9 Å². The smallest absolute Gasteiger partial charge is 0.160 e. The van der Waals surface area contributed by atoms with Crippen LogP contribution < -0.4 is 9.47 Å². The van der Waals surface area contributed by atoms with Gasteiger partial charge in [-0.25, -0.2) is 0 Å². The molecule has 1 aromatic carbocycles. The minimum Gasteiger partial charge on any atom is -0.493 e. The molecule has 1 rings (SSSR count). The number of hydrogen-bond donors (Lipinski definition) is 0. The molecule has 0 radical (unpaired) electrons. The van der Waals surface area contributed by atoms with Crippen molar-refractivity contribution < 1.29 is 9.47 Å². The molecule has 0 heterocycles. The summed E-state index contributed by atoms with van der Waals surface area (Å²) < 4.78 is 10.6. The SMILES string of the molecule is CCN(CC)C(C)(C#N)Cc1ccc(OC)c(OC)c1. The summed E-state index contributed by atoms with van der Waals surface area (Å²) in [6.07, 6.45) is 0.658. The standard InChI is InChI=1S/C16H24N2O2/c1-6-18(7-2)16(3,12-17)11-13-8-9-14(19-4)15(10-13)20-5/h8-10H,6-7,11H2,1-5H3. The van der Waals surface area contributed by atoms with E-state index < -0.39 is 5.54 Å². The van der Waals surface area contributed by atoms with Gasteiger partial charge in [0.1, 0.15) is 5.54 Å². The summed E-state index contributed by atoms with van der Waals surface area (Å²) in [4.78, 5) is 2.17. The molecule has 0 aliphatic carbocycles. The van der Waals surface area contributed by atoms with Crippen LogP contribution in [0.15, 0.2) is 18.2 Å². The number of benzene rings is 1. The third-order valence-electron chi connectivity index (χ3n) is 3.70. The van der Waals surface area contributed by atoms with Gasteiger partial charge < -0.3 is 9.47 Å². The first-order chi connectivity index (χ1) is 9.54. The highest BCUT2D eigenvalue weighted by molar-refractivity contribution is 5.43. The predicted octanol–water partition coefficient (Wildman–Crippen LogP) is 2.87. The van der Waals surface area contributed by atoms with Crippen LogP contribution in [0.1, 0.15) is 26.3 Å². The van der Waals surface area contributed by atoms with E-state index in [1.807, 2.05) is 25.1 Å². The van der Waals surface area contributed by atoms with Crippen LogP contribution >= 0.6 is 0 Å². The minimum absolute atomic E-state index is 0.511. The van der Waals surface area contributed by atoms with Gasteiger partial charge in [0, 0.05) is 6.42 Å². The molecule has 0 fully saturated rings. The van der Waals surface area contributed by atoms with Crippen molar-refractivity contribution in [3.05, 3.63) is 23.8 Å². The molecule has 0 saturated heterocycles. The first-order valence-corrected chi connectivity index (χ1v) is 6.91. The largest absolute Gasteiger partial charge is 0.493 e. The zero-order chi connectivity index (χ0) is 15.2. The van der Waals surface area contributed by atoms with Gasteiger partial charge in [0.05, 0.1) is 20.3 Å². The Hall–Kier alpha value is -1.73. The molecule has 0 spiro atoms. The Balaban J connectivity index is 3.04. The third kappa shape index (κ3) is 3.43. The molecule has 0 bridgehead atoms. The molecule has 0 aliphatic heterocycles. The van der Waals surface area contributed by atoms with Crippen LogP contribution in [-0.4, -0.2) is 37.7 Å². The number of ether oxygens (including phenoxy) is 2. The molecule has 20 heavy (non-hydrogen) atoms. The summed E-state index contributed by atoms with van der Waals surface area (Å²) in [5, 5.41) is 9.56. The lowest BCUT2D eigenvalue weighted by Gasteiger charge is -2.34. The van der Waals surface area contributed by atoms with Crippen molar-refractivity contribution in [2.75, 3.05) is 27.3 Å². The van der Waals surface area contributed by atoms with Gasteiger partial charge in [-0.3, -0.25) is 4.90 Å². The molecule has 0 amide bonds. The summed E-state index contributed by atoms with van der Waals surface area (Å²) in [5.74, 6) is 1.41. The average molecular weight is 276 g/mol. The van der Waals surface area contributed by atoms with Crippen molar-refractivity contribution >= 4 is 0 Å². The molecule has 0 N–H and O–H groups in total. The van der Waals surface area contributed by atoms with E-state index in [4.69, 9.17) is 9.47 Å². The highest BCUT2D eigenvalue weighted by Gasteiger charge is 2.30. The van der Waals surface area contributed by atoms with Gasteiger partial charge in [-0.2, -0.15) is 5.26 Å². The second-order valence-electron chi connectivity index (χ2n) is 4.92. The van der Waals surface area contributed by atoms with Crippen molar-refractivity contribution in [2.45, 2.75) is 32.7 Å². The van der Waals surface area contributed by atoms with E-state index in [1.165, 1.54) is 0 Å². The number of hydrogen-bond acceptors (Lipinski definition) is 4. The van der Waals surface area contributed by atoms with E-state index in [0.717, 1.165) is 18.7 Å². The van der Waals surface area contributed by atoms with Crippen LogP contribution in [0.25, 0.3) is 0 Å². The Morgan fingerprint density at radius 3 is 2.20 bits per heavy atom. The number of rotatable bonds is 7. The predicted molar refractivity (Wildman–Crippen MR) is 80.2 cm³/mol. The lowest BCUT2D eigenvalue weighted by atomic mass is 9.92. The summed E-state index contributed by atoms with van der Waals surface area (Å²) in [5.41, 5.74) is 0.557. The summed E-state index contributed by atoms with van der Waals surface area (Å²) in [6, 6.07) is 8.26. The van der Waals surface area contributed by atoms with Gasteiger partial charge in [-0.15, -0.1) is 0 Å². The Morgan fingerprint density at radius 1 is 1.15 bits per heavy atom. The van der Waals surface area contributed by atoms with E-state index in [2.05, 4.69) is 24.8 Å². The molecule has 1 unspecified atom stereocenters. The minimum atomic E-state index is -0.511. The molecule has 0 saturated carbocycles. The molecule has 110 valence electrons. The lowest BCUT2D eigenvalue weighted by molar-refractivity contribution is 0.169. The molecular weight excluding hydrogens is 252 g/mol. The Morgan fingerprint density at radius 2 is 1.75 bits per heavy atom. The lowest BCUT2D eigenvalue weighted by Crippen LogP contribution is -2.46. The Labute approximate surface area is 121 Å². The number of likely N-dealkylation sites (N-methyl/N-ethyl adjacent to an activating group) is 1. The van der Waals surface area contributed by atoms with Crippen molar-refractivity contribution in [3.8, 4) is 17.6 Å². The van der Waals surface area contributed by atoms with Crippen LogP contribution in [0.5, 0.6) is 11.5 Å². The van der Waals surface area contributed by atoms with Gasteiger partial charge in [0.15, 0.2) is 11.5 Å². The normalized spacial score (nSPS) is 13.7. The van der Waals surface area contributed by atoms with Gasteiger partial charge in [-0.1, -0.05) is 19.9 Å². The fraction of sp³-hybridized carbons (Fsp3) is 0.562. The van der Waals surface area contributed by atoms with E-state index in [9.17, 15) is 5.26 Å². The van der Waals surface area contributed by atoms with Crippen molar-refractivity contribution in [2.24, 2.45) is 0 Å². The fourth-order valence-corrected chi connectivity index (χ4v) is 2.53. The monoisotopic (exact) mass is 276 g/mol. The maximum Gasteiger partial charge on any atom is 0.160 e. The second kappa shape index (κ2) is 7.16. The molecule has 0 aromatic heterocycles. The van der Waals surface area contributed by atoms with Crippen molar-refractivity contribution in [1.82, 2.24) is 4.90 Å². The summed E-state index contributed by atoms with van der Waals surface area (Å²) in [6.45, 7) is 7.85. The fourth-order valence-electron chi connectivity index (χ4n) is 2.53. The van der Waals surface area contributed by atoms with Crippen LogP contribution in [0, 0.1) is 11.3 Å². The molecule has 0 aliphatic rings. The highest BCUT2D eigenvalue weighted by Crippen LogP contribution is 2.30. The molecule has 4 nitrogen and oxygen atoms in total. The van der Waals surface area contributed by atoms with Gasteiger partial charge in [0.25, 0.3) is 0 Å². The first-order valence-electron chi connectivity index (χ1n) is 6.91. The van der Waals surface area contributed by atoms with Crippen LogP contribution in [-0.2, 0) is 6.42 Å². The summed E-state index contributed by atoms with van der Waals surface area (Å²) >= 11 is 0. The number of nitriles is 1. The van der Waals surface area contributed by atoms with Crippen molar-refractivity contribution in [1.29, 1.82) is 5.26 Å². The number of nitrogens with zero attached hydrogens (tertiary/aromatic N) is 2. The van der Waals surface area contributed by atoms with Gasteiger partial charge in [-0.05, 0) is 37.7 Å². The quantitative estimate of drug-likeness (QED) is 0.768. The highest BCUT2D eigenvalue weighted by atomic mass is 16.5. The Kier molecular flexibility index (Phi) is 5.84. The van der Waals surface area contributed by atoms with Crippen molar-refractivity contribution in [3.63, 3.8) is 0 Å². The maximum absolute atomic E-state index is 9.56. The zero-order valence-corrected chi connectivity index (χ0v) is 13.1. The van der Waals surface area contributed by atoms with Crippen LogP contribution in [0.4, 0.5) is 0 Å². The van der Waals surface area contributed by atoms with E-state index in [-0.39, 0.29) is 0 Å². The average Bonchev–Trinajstić information content (AvgIpc) is 2.48. The molecular formula is C16H24N2O2. The maximum atomic E-state index is 9.56. The van der Waals surface area contributed by atoms with Gasteiger partial charge >= 0.3 is 0 Å². The first kappa shape index (κ1) is 16.3. The van der Waals surface area contributed by atoms with Crippen LogP contribution in [0.2, 0.25) is 0 Å². The van der Waals surface area contributed by atoms with E-state index in [1.54, 1.807) is 14.2 Å². The zero-order valence-electron chi connectivity index (χ0n) is 13.1. The molecule has 4 heteroatoms. The van der Waals surface area contributed by atoms with Crippen LogP contribution in [0.3, 0.4) is 0 Å². The third-order valence-corrected chi connectivity index (χ3v) is 3.70. The number of methoxy groups -OCH3 is 2. The molecule has 1 aromatic rings. The summed E-state index contributed by atoms with van der Waals surface area (Å²) in [7, 11) is 3.24. The Bertz CT molecular complexity index is 478. The second-order valence-corrected chi connectivity index (χ2v) is 4.92.